The second-order valence-electron chi connectivity index (χ2n) is 3.58. The summed E-state index contributed by atoms with van der Waals surface area (Å²) in [6.07, 6.45) is 1.66. The highest BCUT2D eigenvalue weighted by Crippen LogP contribution is 2.47. The Labute approximate surface area is 70.2 Å². The monoisotopic (exact) mass is 169 g/mol. The van der Waals surface area contributed by atoms with E-state index in [1.165, 1.54) is 11.8 Å². The third kappa shape index (κ3) is 0.906. The Morgan fingerprint density at radius 1 is 1.42 bits per heavy atom. The van der Waals surface area contributed by atoms with Crippen molar-refractivity contribution in [2.75, 3.05) is 0 Å². The van der Waals surface area contributed by atoms with E-state index in [0.717, 1.165) is 6.42 Å². The predicted octanol–water partition coefficient (Wildman–Crippen LogP) is 0.0803. The van der Waals surface area contributed by atoms with Gasteiger partial charge in [0.25, 0.3) is 0 Å². The summed E-state index contributed by atoms with van der Waals surface area (Å²) >= 11 is 0. The van der Waals surface area contributed by atoms with Gasteiger partial charge in [0.05, 0.1) is 0 Å². The highest BCUT2D eigenvalue weighted by atomic mass is 16.4. The van der Waals surface area contributed by atoms with Crippen LogP contribution < -0.4 is 0 Å². The Balaban J connectivity index is 2.16. The van der Waals surface area contributed by atoms with Crippen LogP contribution in [0.25, 0.3) is 0 Å². The van der Waals surface area contributed by atoms with Gasteiger partial charge < -0.3 is 10.0 Å². The van der Waals surface area contributed by atoms with E-state index >= 15 is 0 Å². The molecular weight excluding hydrogens is 158 g/mol. The second kappa shape index (κ2) is 2.21. The molecule has 12 heavy (non-hydrogen) atoms. The van der Waals surface area contributed by atoms with Gasteiger partial charge in [0.2, 0.25) is 5.91 Å². The molecule has 0 aromatic heterocycles. The molecular formula is C8H11NO3. The predicted molar refractivity (Wildman–Crippen MR) is 40.5 cm³/mol. The largest absolute Gasteiger partial charge is 0.480 e. The number of hydrogen-bond donors (Lipinski definition) is 1. The molecule has 0 spiro atoms. The van der Waals surface area contributed by atoms with Crippen molar-refractivity contribution in [1.29, 1.82) is 0 Å². The third-order valence-electron chi connectivity index (χ3n) is 2.75. The molecule has 0 bridgehead atoms. The van der Waals surface area contributed by atoms with Crippen LogP contribution >= 0.6 is 0 Å². The molecule has 4 heteroatoms. The fourth-order valence-electron chi connectivity index (χ4n) is 2.13. The van der Waals surface area contributed by atoms with Gasteiger partial charge in [-0.2, -0.15) is 0 Å². The number of rotatable bonds is 1. The summed E-state index contributed by atoms with van der Waals surface area (Å²) in [5.74, 6) is -0.500. The van der Waals surface area contributed by atoms with Gasteiger partial charge in [-0.1, -0.05) is 0 Å². The SMILES string of the molecule is CC(=O)N1[C@H](C(=O)O)C[C@@H]2C[C@@H]21. The van der Waals surface area contributed by atoms with Crippen molar-refractivity contribution in [3.8, 4) is 0 Å². The topological polar surface area (TPSA) is 57.6 Å². The number of piperidine rings is 1. The van der Waals surface area contributed by atoms with Crippen molar-refractivity contribution in [1.82, 2.24) is 4.90 Å². The second-order valence-corrected chi connectivity index (χ2v) is 3.58. The summed E-state index contributed by atoms with van der Waals surface area (Å²) in [6, 6.07) is -0.310. The zero-order valence-corrected chi connectivity index (χ0v) is 6.86. The van der Waals surface area contributed by atoms with E-state index in [4.69, 9.17) is 5.11 Å². The van der Waals surface area contributed by atoms with Crippen LogP contribution in [0, 0.1) is 5.92 Å². The van der Waals surface area contributed by atoms with Crippen LogP contribution in [0.2, 0.25) is 0 Å². The van der Waals surface area contributed by atoms with Crippen molar-refractivity contribution in [3.63, 3.8) is 0 Å². The average Bonchev–Trinajstić information content (AvgIpc) is 2.60. The van der Waals surface area contributed by atoms with Crippen LogP contribution in [0.4, 0.5) is 0 Å². The molecule has 0 aromatic carbocycles. The molecule has 1 heterocycles. The fourth-order valence-corrected chi connectivity index (χ4v) is 2.13. The van der Waals surface area contributed by atoms with E-state index in [9.17, 15) is 9.59 Å². The first-order valence-corrected chi connectivity index (χ1v) is 4.13. The molecule has 1 N–H and O–H groups in total. The number of fused-ring (bicyclic) bond motifs is 1. The minimum atomic E-state index is -0.864. The summed E-state index contributed by atoms with van der Waals surface area (Å²) < 4.78 is 0. The smallest absolute Gasteiger partial charge is 0.326 e. The van der Waals surface area contributed by atoms with Crippen LogP contribution in [0.1, 0.15) is 19.8 Å². The van der Waals surface area contributed by atoms with E-state index in [0.29, 0.717) is 12.3 Å². The Kier molecular flexibility index (Phi) is 1.40. The van der Waals surface area contributed by atoms with Gasteiger partial charge in [-0.3, -0.25) is 4.79 Å². The molecule has 2 rings (SSSR count). The molecule has 0 radical (unpaired) electrons. The Morgan fingerprint density at radius 2 is 2.08 bits per heavy atom. The lowest BCUT2D eigenvalue weighted by Gasteiger charge is -2.22. The van der Waals surface area contributed by atoms with Gasteiger partial charge >= 0.3 is 5.97 Å². The molecule has 66 valence electrons. The molecule has 1 aliphatic heterocycles. The number of hydrogen-bond acceptors (Lipinski definition) is 2. The molecule has 1 aliphatic carbocycles. The summed E-state index contributed by atoms with van der Waals surface area (Å²) in [5.41, 5.74) is 0. The number of carboxylic acids is 1. The fraction of sp³-hybridized carbons (Fsp3) is 0.750. The highest BCUT2D eigenvalue weighted by molar-refractivity contribution is 5.84. The third-order valence-corrected chi connectivity index (χ3v) is 2.75. The van der Waals surface area contributed by atoms with Crippen molar-refractivity contribution in [2.24, 2.45) is 5.92 Å². The number of carboxylic acid groups (broad SMARTS) is 1. The van der Waals surface area contributed by atoms with Gasteiger partial charge in [0.15, 0.2) is 0 Å². The summed E-state index contributed by atoms with van der Waals surface area (Å²) in [6.45, 7) is 1.44. The van der Waals surface area contributed by atoms with Gasteiger partial charge in [-0.25, -0.2) is 4.79 Å². The first kappa shape index (κ1) is 7.58. The molecule has 4 nitrogen and oxygen atoms in total. The quantitative estimate of drug-likeness (QED) is 0.604. The van der Waals surface area contributed by atoms with Gasteiger partial charge in [-0.05, 0) is 18.8 Å². The Bertz CT molecular complexity index is 251. The molecule has 0 unspecified atom stereocenters. The van der Waals surface area contributed by atoms with Crippen molar-refractivity contribution in [3.05, 3.63) is 0 Å². The maximum absolute atomic E-state index is 11.1. The van der Waals surface area contributed by atoms with Crippen LogP contribution in [-0.2, 0) is 9.59 Å². The highest BCUT2D eigenvalue weighted by Gasteiger charge is 2.55. The molecule has 0 aromatic rings. The number of nitrogens with zero attached hydrogens (tertiary/aromatic N) is 1. The molecule has 2 aliphatic rings. The normalized spacial score (nSPS) is 37.8. The lowest BCUT2D eigenvalue weighted by Crippen LogP contribution is -2.41. The van der Waals surface area contributed by atoms with Crippen LogP contribution in [0.3, 0.4) is 0 Å². The van der Waals surface area contributed by atoms with Gasteiger partial charge in [0, 0.05) is 13.0 Å². The Hall–Kier alpha value is -1.06. The minimum Gasteiger partial charge on any atom is -0.480 e. The number of carbonyl (C=O) groups excluding carboxylic acids is 1. The van der Waals surface area contributed by atoms with Gasteiger partial charge in [-0.15, -0.1) is 0 Å². The maximum atomic E-state index is 11.1. The molecule has 1 saturated carbocycles. The zero-order chi connectivity index (χ0) is 8.88. The molecule has 2 fully saturated rings. The summed E-state index contributed by atoms with van der Waals surface area (Å²) in [7, 11) is 0. The zero-order valence-electron chi connectivity index (χ0n) is 6.86. The average molecular weight is 169 g/mol. The maximum Gasteiger partial charge on any atom is 0.326 e. The first-order valence-electron chi connectivity index (χ1n) is 4.13. The van der Waals surface area contributed by atoms with Gasteiger partial charge in [0.1, 0.15) is 6.04 Å². The molecule has 1 saturated heterocycles. The number of amides is 1. The lowest BCUT2D eigenvalue weighted by atomic mass is 10.2. The number of carbonyl (C=O) groups is 2. The van der Waals surface area contributed by atoms with E-state index in [1.54, 1.807) is 0 Å². The van der Waals surface area contributed by atoms with Crippen LogP contribution in [0.5, 0.6) is 0 Å². The Morgan fingerprint density at radius 3 is 2.50 bits per heavy atom. The van der Waals surface area contributed by atoms with E-state index in [2.05, 4.69) is 0 Å². The van der Waals surface area contributed by atoms with E-state index in [1.807, 2.05) is 0 Å². The van der Waals surface area contributed by atoms with E-state index in [-0.39, 0.29) is 11.9 Å². The standard InChI is InChI=1S/C8H11NO3/c1-4(10)9-6-2-5(6)3-7(9)8(11)12/h5-7H,2-3H2,1H3,(H,11,12)/t5-,6-,7-/m0/s1. The summed E-state index contributed by atoms with van der Waals surface area (Å²) in [4.78, 5) is 23.3. The molecule has 1 amide bonds. The number of aliphatic carboxylic acids is 1. The van der Waals surface area contributed by atoms with Crippen molar-refractivity contribution < 1.29 is 14.7 Å². The van der Waals surface area contributed by atoms with Crippen molar-refractivity contribution in [2.45, 2.75) is 31.8 Å². The summed E-state index contributed by atoms with van der Waals surface area (Å²) in [5, 5.41) is 8.78. The first-order chi connectivity index (χ1) is 5.61. The van der Waals surface area contributed by atoms with E-state index < -0.39 is 12.0 Å². The van der Waals surface area contributed by atoms with Crippen LogP contribution in [0.15, 0.2) is 0 Å². The number of likely N-dealkylation sites (tertiary alicyclic amines) is 1. The minimum absolute atomic E-state index is 0.104. The van der Waals surface area contributed by atoms with Crippen LogP contribution in [-0.4, -0.2) is 34.0 Å². The van der Waals surface area contributed by atoms with Crippen molar-refractivity contribution >= 4 is 11.9 Å². The molecule has 3 atom stereocenters. The lowest BCUT2D eigenvalue weighted by molar-refractivity contribution is -0.148.